The molecule has 1 aliphatic heterocycles. The third-order valence-electron chi connectivity index (χ3n) is 4.31. The number of aromatic nitrogens is 1. The summed E-state index contributed by atoms with van der Waals surface area (Å²) in [5.74, 6) is -0.0999. The number of piperidine rings is 1. The van der Waals surface area contributed by atoms with E-state index in [4.69, 9.17) is 5.26 Å². The van der Waals surface area contributed by atoms with Gasteiger partial charge in [-0.2, -0.15) is 5.26 Å². The number of carbonyl (C=O) groups is 1. The molecular weight excluding hydrogens is 254 g/mol. The number of hydrogen-bond donors (Lipinski definition) is 1. The molecule has 5 nitrogen and oxygen atoms in total. The molecule has 0 aromatic carbocycles. The van der Waals surface area contributed by atoms with Crippen molar-refractivity contribution in [3.05, 3.63) is 29.6 Å². The SMILES string of the molecule is CCC1(CO)CCN(C(=O)c2ccc(C#N)cn2)CC1. The van der Waals surface area contributed by atoms with Gasteiger partial charge in [-0.3, -0.25) is 4.79 Å². The molecule has 1 aromatic rings. The maximum Gasteiger partial charge on any atom is 0.272 e. The van der Waals surface area contributed by atoms with E-state index < -0.39 is 0 Å². The minimum atomic E-state index is -0.0999. The molecule has 2 rings (SSSR count). The summed E-state index contributed by atoms with van der Waals surface area (Å²) in [7, 11) is 0. The Labute approximate surface area is 118 Å². The van der Waals surface area contributed by atoms with Gasteiger partial charge in [-0.1, -0.05) is 6.92 Å². The number of rotatable bonds is 3. The summed E-state index contributed by atoms with van der Waals surface area (Å²) in [4.78, 5) is 18.1. The Morgan fingerprint density at radius 3 is 2.65 bits per heavy atom. The van der Waals surface area contributed by atoms with Crippen LogP contribution >= 0.6 is 0 Å². The zero-order valence-corrected chi connectivity index (χ0v) is 11.7. The molecule has 20 heavy (non-hydrogen) atoms. The van der Waals surface area contributed by atoms with E-state index in [0.717, 1.165) is 19.3 Å². The molecule has 106 valence electrons. The second-order valence-electron chi connectivity index (χ2n) is 5.35. The second-order valence-corrected chi connectivity index (χ2v) is 5.35. The lowest BCUT2D eigenvalue weighted by Crippen LogP contribution is -2.44. The fourth-order valence-electron chi connectivity index (χ4n) is 2.56. The fourth-order valence-corrected chi connectivity index (χ4v) is 2.56. The van der Waals surface area contributed by atoms with Crippen LogP contribution in [0.2, 0.25) is 0 Å². The van der Waals surface area contributed by atoms with Crippen molar-refractivity contribution in [2.24, 2.45) is 5.41 Å². The van der Waals surface area contributed by atoms with Crippen LogP contribution in [0.15, 0.2) is 18.3 Å². The van der Waals surface area contributed by atoms with E-state index in [-0.39, 0.29) is 17.9 Å². The first-order chi connectivity index (χ1) is 9.64. The lowest BCUT2D eigenvalue weighted by Gasteiger charge is -2.40. The van der Waals surface area contributed by atoms with E-state index >= 15 is 0 Å². The van der Waals surface area contributed by atoms with E-state index in [1.165, 1.54) is 6.20 Å². The van der Waals surface area contributed by atoms with Gasteiger partial charge in [0.05, 0.1) is 5.56 Å². The van der Waals surface area contributed by atoms with Crippen LogP contribution < -0.4 is 0 Å². The topological polar surface area (TPSA) is 77.2 Å². The molecule has 0 bridgehead atoms. The predicted octanol–water partition coefficient (Wildman–Crippen LogP) is 1.58. The fraction of sp³-hybridized carbons (Fsp3) is 0.533. The van der Waals surface area contributed by atoms with Gasteiger partial charge >= 0.3 is 0 Å². The summed E-state index contributed by atoms with van der Waals surface area (Å²) >= 11 is 0. The standard InChI is InChI=1S/C15H19N3O2/c1-2-15(11-19)5-7-18(8-6-15)14(20)13-4-3-12(9-16)10-17-13/h3-4,10,19H,2,5-8,11H2,1H3. The Hall–Kier alpha value is -1.93. The second kappa shape index (κ2) is 6.02. The molecule has 1 saturated heterocycles. The molecule has 2 heterocycles. The van der Waals surface area contributed by atoms with Crippen molar-refractivity contribution in [2.45, 2.75) is 26.2 Å². The van der Waals surface area contributed by atoms with Crippen molar-refractivity contribution in [1.82, 2.24) is 9.88 Å². The van der Waals surface area contributed by atoms with Gasteiger partial charge in [0.1, 0.15) is 11.8 Å². The quantitative estimate of drug-likeness (QED) is 0.907. The minimum absolute atomic E-state index is 0.0329. The number of hydrogen-bond acceptors (Lipinski definition) is 4. The highest BCUT2D eigenvalue weighted by Gasteiger charge is 2.34. The van der Waals surface area contributed by atoms with Crippen LogP contribution in [-0.2, 0) is 0 Å². The van der Waals surface area contributed by atoms with Crippen LogP contribution in [0, 0.1) is 16.7 Å². The van der Waals surface area contributed by atoms with Crippen LogP contribution in [-0.4, -0.2) is 40.6 Å². The molecule has 0 saturated carbocycles. The van der Waals surface area contributed by atoms with Crippen LogP contribution in [0.4, 0.5) is 0 Å². The molecule has 0 unspecified atom stereocenters. The molecule has 0 atom stereocenters. The van der Waals surface area contributed by atoms with Gasteiger partial charge in [0.15, 0.2) is 0 Å². The zero-order chi connectivity index (χ0) is 14.6. The van der Waals surface area contributed by atoms with Crippen LogP contribution in [0.5, 0.6) is 0 Å². The first-order valence-electron chi connectivity index (χ1n) is 6.90. The van der Waals surface area contributed by atoms with Crippen molar-refractivity contribution in [1.29, 1.82) is 5.26 Å². The van der Waals surface area contributed by atoms with Crippen LogP contribution in [0.3, 0.4) is 0 Å². The number of amides is 1. The average molecular weight is 273 g/mol. The van der Waals surface area contributed by atoms with Crippen LogP contribution in [0.1, 0.15) is 42.2 Å². The molecule has 0 radical (unpaired) electrons. The zero-order valence-electron chi connectivity index (χ0n) is 11.7. The number of nitriles is 1. The summed E-state index contributed by atoms with van der Waals surface area (Å²) in [5.41, 5.74) is 0.789. The molecule has 5 heteroatoms. The van der Waals surface area contributed by atoms with E-state index in [0.29, 0.717) is 24.3 Å². The Bertz CT molecular complexity index is 505. The van der Waals surface area contributed by atoms with Crippen molar-refractivity contribution in [3.63, 3.8) is 0 Å². The number of carbonyl (C=O) groups excluding carboxylic acids is 1. The molecule has 1 aliphatic rings. The van der Waals surface area contributed by atoms with Crippen LogP contribution in [0.25, 0.3) is 0 Å². The Balaban J connectivity index is 2.03. The molecule has 1 amide bonds. The third kappa shape index (κ3) is 2.81. The van der Waals surface area contributed by atoms with Gasteiger partial charge < -0.3 is 10.0 Å². The van der Waals surface area contributed by atoms with Gasteiger partial charge in [-0.15, -0.1) is 0 Å². The first kappa shape index (κ1) is 14.5. The Morgan fingerprint density at radius 2 is 2.20 bits per heavy atom. The van der Waals surface area contributed by atoms with Crippen molar-refractivity contribution in [2.75, 3.05) is 19.7 Å². The number of likely N-dealkylation sites (tertiary alicyclic amines) is 1. The Kier molecular flexibility index (Phi) is 4.35. The lowest BCUT2D eigenvalue weighted by atomic mass is 9.77. The van der Waals surface area contributed by atoms with E-state index in [9.17, 15) is 9.90 Å². The summed E-state index contributed by atoms with van der Waals surface area (Å²) in [5, 5.41) is 18.2. The normalized spacial score (nSPS) is 17.6. The first-order valence-corrected chi connectivity index (χ1v) is 6.90. The number of nitrogens with zero attached hydrogens (tertiary/aromatic N) is 3. The average Bonchev–Trinajstić information content (AvgIpc) is 2.54. The largest absolute Gasteiger partial charge is 0.396 e. The van der Waals surface area contributed by atoms with E-state index in [1.807, 2.05) is 6.07 Å². The maximum atomic E-state index is 12.3. The summed E-state index contributed by atoms with van der Waals surface area (Å²) in [6, 6.07) is 5.18. The maximum absolute atomic E-state index is 12.3. The molecule has 1 N–H and O–H groups in total. The molecule has 0 aliphatic carbocycles. The highest BCUT2D eigenvalue weighted by Crippen LogP contribution is 2.34. The van der Waals surface area contributed by atoms with Gasteiger partial charge in [0, 0.05) is 25.9 Å². The molecule has 1 fully saturated rings. The number of aliphatic hydroxyl groups excluding tert-OH is 1. The van der Waals surface area contributed by atoms with Crippen molar-refractivity contribution in [3.8, 4) is 6.07 Å². The van der Waals surface area contributed by atoms with Crippen molar-refractivity contribution < 1.29 is 9.90 Å². The molecule has 0 spiro atoms. The minimum Gasteiger partial charge on any atom is -0.396 e. The highest BCUT2D eigenvalue weighted by molar-refractivity contribution is 5.92. The number of aliphatic hydroxyl groups is 1. The molecule has 1 aromatic heterocycles. The lowest BCUT2D eigenvalue weighted by molar-refractivity contribution is 0.0335. The van der Waals surface area contributed by atoms with E-state index in [2.05, 4.69) is 11.9 Å². The molecular formula is C15H19N3O2. The van der Waals surface area contributed by atoms with Gasteiger partial charge in [0.25, 0.3) is 5.91 Å². The Morgan fingerprint density at radius 1 is 1.50 bits per heavy atom. The van der Waals surface area contributed by atoms with E-state index in [1.54, 1.807) is 17.0 Å². The highest BCUT2D eigenvalue weighted by atomic mass is 16.3. The summed E-state index contributed by atoms with van der Waals surface area (Å²) < 4.78 is 0. The van der Waals surface area contributed by atoms with Crippen molar-refractivity contribution >= 4 is 5.91 Å². The summed E-state index contributed by atoms with van der Waals surface area (Å²) in [6.45, 7) is 3.56. The number of pyridine rings is 1. The van der Waals surface area contributed by atoms with Gasteiger partial charge in [0.2, 0.25) is 0 Å². The monoisotopic (exact) mass is 273 g/mol. The predicted molar refractivity (Wildman–Crippen MR) is 73.9 cm³/mol. The van der Waals surface area contributed by atoms with Gasteiger partial charge in [-0.05, 0) is 36.8 Å². The smallest absolute Gasteiger partial charge is 0.272 e. The third-order valence-corrected chi connectivity index (χ3v) is 4.31. The van der Waals surface area contributed by atoms with Gasteiger partial charge in [-0.25, -0.2) is 4.98 Å². The summed E-state index contributed by atoms with van der Waals surface area (Å²) in [6.07, 6.45) is 3.99.